The molecule has 0 aliphatic heterocycles. The Kier molecular flexibility index (Phi) is 6.02. The topological polar surface area (TPSA) is 55.4 Å². The van der Waals surface area contributed by atoms with Crippen molar-refractivity contribution >= 4 is 33.5 Å². The van der Waals surface area contributed by atoms with E-state index in [9.17, 15) is 9.59 Å². The molecular formula is C14H18BrNO3. The Bertz CT molecular complexity index is 474. The van der Waals surface area contributed by atoms with Gasteiger partial charge in [0.05, 0.1) is 6.61 Å². The second-order valence-electron chi connectivity index (χ2n) is 4.16. The summed E-state index contributed by atoms with van der Waals surface area (Å²) in [6, 6.07) is 5.55. The van der Waals surface area contributed by atoms with Gasteiger partial charge >= 0.3 is 5.97 Å². The van der Waals surface area contributed by atoms with Crippen LogP contribution in [0.1, 0.15) is 25.8 Å². The zero-order valence-corrected chi connectivity index (χ0v) is 12.9. The number of benzene rings is 1. The van der Waals surface area contributed by atoms with E-state index in [1.54, 1.807) is 19.9 Å². The highest BCUT2D eigenvalue weighted by Gasteiger charge is 2.26. The van der Waals surface area contributed by atoms with Crippen molar-refractivity contribution in [3.8, 4) is 0 Å². The first-order valence-electron chi connectivity index (χ1n) is 6.23. The lowest BCUT2D eigenvalue weighted by Gasteiger charge is -2.15. The van der Waals surface area contributed by atoms with Crippen LogP contribution in [-0.2, 0) is 14.3 Å². The molecule has 1 N–H and O–H groups in total. The van der Waals surface area contributed by atoms with Crippen molar-refractivity contribution in [3.63, 3.8) is 0 Å². The van der Waals surface area contributed by atoms with Crippen LogP contribution in [0.15, 0.2) is 22.7 Å². The second-order valence-corrected chi connectivity index (χ2v) is 5.08. The average Bonchev–Trinajstić information content (AvgIpc) is 2.34. The molecule has 0 aliphatic carbocycles. The molecule has 4 nitrogen and oxygen atoms in total. The lowest BCUT2D eigenvalue weighted by Crippen LogP contribution is -2.30. The molecule has 0 saturated carbocycles. The molecule has 5 heteroatoms. The zero-order valence-electron chi connectivity index (χ0n) is 11.3. The lowest BCUT2D eigenvalue weighted by atomic mass is 10.1. The number of aryl methyl sites for hydroxylation is 1. The number of rotatable bonds is 5. The fourth-order valence-electron chi connectivity index (χ4n) is 1.69. The van der Waals surface area contributed by atoms with Crippen LogP contribution >= 0.6 is 15.9 Å². The molecule has 0 radical (unpaired) electrons. The number of carbonyl (C=O) groups excluding carboxylic acids is 2. The molecule has 1 aromatic rings. The van der Waals surface area contributed by atoms with Gasteiger partial charge in [-0.25, -0.2) is 0 Å². The summed E-state index contributed by atoms with van der Waals surface area (Å²) in [6.07, 6.45) is 0.417. The van der Waals surface area contributed by atoms with Crippen molar-refractivity contribution in [2.45, 2.75) is 27.2 Å². The maximum Gasteiger partial charge on any atom is 0.318 e. The van der Waals surface area contributed by atoms with E-state index >= 15 is 0 Å². The highest BCUT2D eigenvalue weighted by molar-refractivity contribution is 9.10. The molecule has 1 aromatic carbocycles. The highest BCUT2D eigenvalue weighted by Crippen LogP contribution is 2.21. The van der Waals surface area contributed by atoms with Gasteiger partial charge < -0.3 is 10.1 Å². The van der Waals surface area contributed by atoms with E-state index in [1.807, 2.05) is 19.1 Å². The van der Waals surface area contributed by atoms with Gasteiger partial charge in [-0.1, -0.05) is 22.9 Å². The number of esters is 1. The number of hydrogen-bond acceptors (Lipinski definition) is 3. The quantitative estimate of drug-likeness (QED) is 0.667. The van der Waals surface area contributed by atoms with Gasteiger partial charge in [0.15, 0.2) is 0 Å². The number of ether oxygens (including phenoxy) is 1. The van der Waals surface area contributed by atoms with Crippen LogP contribution < -0.4 is 5.32 Å². The van der Waals surface area contributed by atoms with E-state index in [-0.39, 0.29) is 12.5 Å². The first-order valence-corrected chi connectivity index (χ1v) is 7.02. The van der Waals surface area contributed by atoms with Gasteiger partial charge in [-0.15, -0.1) is 0 Å². The van der Waals surface area contributed by atoms with Crippen LogP contribution in [0.5, 0.6) is 0 Å². The number of nitrogens with one attached hydrogen (secondary N) is 1. The maximum atomic E-state index is 12.1. The van der Waals surface area contributed by atoms with E-state index in [4.69, 9.17) is 4.74 Å². The minimum Gasteiger partial charge on any atom is -0.465 e. The van der Waals surface area contributed by atoms with E-state index < -0.39 is 11.9 Å². The fraction of sp³-hybridized carbons (Fsp3) is 0.429. The summed E-state index contributed by atoms with van der Waals surface area (Å²) in [4.78, 5) is 23.7. The molecule has 0 bridgehead atoms. The van der Waals surface area contributed by atoms with Crippen molar-refractivity contribution in [1.82, 2.24) is 0 Å². The third-order valence-electron chi connectivity index (χ3n) is 2.74. The number of anilines is 1. The van der Waals surface area contributed by atoms with Crippen LogP contribution in [-0.4, -0.2) is 18.5 Å². The van der Waals surface area contributed by atoms with Crippen molar-refractivity contribution in [3.05, 3.63) is 28.2 Å². The number of carbonyl (C=O) groups is 2. The summed E-state index contributed by atoms with van der Waals surface area (Å²) < 4.78 is 5.84. The van der Waals surface area contributed by atoms with E-state index in [0.717, 1.165) is 10.0 Å². The highest BCUT2D eigenvalue weighted by atomic mass is 79.9. The van der Waals surface area contributed by atoms with Crippen LogP contribution in [0.3, 0.4) is 0 Å². The molecule has 0 spiro atoms. The molecule has 0 aliphatic rings. The van der Waals surface area contributed by atoms with Gasteiger partial charge in [-0.05, 0) is 44.0 Å². The normalized spacial score (nSPS) is 11.8. The molecule has 1 atom stereocenters. The molecule has 19 heavy (non-hydrogen) atoms. The predicted octanol–water partition coefficient (Wildman–Crippen LogP) is 3.29. The Morgan fingerprint density at radius 2 is 2.05 bits per heavy atom. The lowest BCUT2D eigenvalue weighted by molar-refractivity contribution is -0.151. The van der Waals surface area contributed by atoms with Crippen LogP contribution in [0.25, 0.3) is 0 Å². The summed E-state index contributed by atoms with van der Waals surface area (Å²) in [7, 11) is 0. The summed E-state index contributed by atoms with van der Waals surface area (Å²) in [6.45, 7) is 5.68. The van der Waals surface area contributed by atoms with Gasteiger partial charge in [0.2, 0.25) is 5.91 Å². The Morgan fingerprint density at radius 3 is 2.58 bits per heavy atom. The first kappa shape index (κ1) is 15.7. The second kappa shape index (κ2) is 7.28. The molecule has 0 fully saturated rings. The zero-order chi connectivity index (χ0) is 14.4. The molecule has 104 valence electrons. The van der Waals surface area contributed by atoms with Crippen molar-refractivity contribution in [2.75, 3.05) is 11.9 Å². The molecular weight excluding hydrogens is 310 g/mol. The van der Waals surface area contributed by atoms with Crippen molar-refractivity contribution in [1.29, 1.82) is 0 Å². The Labute approximate surface area is 121 Å². The van der Waals surface area contributed by atoms with Crippen molar-refractivity contribution < 1.29 is 14.3 Å². The summed E-state index contributed by atoms with van der Waals surface area (Å²) in [5.74, 6) is -1.56. The third kappa shape index (κ3) is 4.35. The van der Waals surface area contributed by atoms with Crippen LogP contribution in [0.2, 0.25) is 0 Å². The fourth-order valence-corrected chi connectivity index (χ4v) is 2.16. The number of hydrogen-bond donors (Lipinski definition) is 1. The molecule has 0 aromatic heterocycles. The molecule has 1 amide bonds. The van der Waals surface area contributed by atoms with Crippen molar-refractivity contribution in [2.24, 2.45) is 5.92 Å². The summed E-state index contributed by atoms with van der Waals surface area (Å²) >= 11 is 3.36. The third-order valence-corrected chi connectivity index (χ3v) is 3.24. The minimum atomic E-state index is -0.761. The predicted molar refractivity (Wildman–Crippen MR) is 77.9 cm³/mol. The standard InChI is InChI=1S/C14H18BrNO3/c1-4-11(14(18)19-5-2)13(17)16-12-7-6-10(15)8-9(12)3/h6-8,11H,4-5H2,1-3H3,(H,16,17). The smallest absolute Gasteiger partial charge is 0.318 e. The number of amides is 1. The molecule has 1 unspecified atom stereocenters. The largest absolute Gasteiger partial charge is 0.465 e. The molecule has 0 saturated heterocycles. The Hall–Kier alpha value is -1.36. The van der Waals surface area contributed by atoms with E-state index in [1.165, 1.54) is 0 Å². The van der Waals surface area contributed by atoms with Gasteiger partial charge in [0.25, 0.3) is 0 Å². The molecule has 0 heterocycles. The maximum absolute atomic E-state index is 12.1. The van der Waals surface area contributed by atoms with Gasteiger partial charge in [-0.3, -0.25) is 9.59 Å². The van der Waals surface area contributed by atoms with E-state index in [2.05, 4.69) is 21.2 Å². The van der Waals surface area contributed by atoms with Crippen LogP contribution in [0, 0.1) is 12.8 Å². The SMILES string of the molecule is CCOC(=O)C(CC)C(=O)Nc1ccc(Br)cc1C. The first-order chi connectivity index (χ1) is 8.99. The average molecular weight is 328 g/mol. The van der Waals surface area contributed by atoms with Gasteiger partial charge in [0, 0.05) is 10.2 Å². The summed E-state index contributed by atoms with van der Waals surface area (Å²) in [5.41, 5.74) is 1.64. The summed E-state index contributed by atoms with van der Waals surface area (Å²) in [5, 5.41) is 2.77. The molecule has 1 rings (SSSR count). The Morgan fingerprint density at radius 1 is 1.37 bits per heavy atom. The van der Waals surface area contributed by atoms with Crippen LogP contribution in [0.4, 0.5) is 5.69 Å². The number of halogens is 1. The monoisotopic (exact) mass is 327 g/mol. The van der Waals surface area contributed by atoms with Gasteiger partial charge in [-0.2, -0.15) is 0 Å². The van der Waals surface area contributed by atoms with E-state index in [0.29, 0.717) is 12.1 Å². The minimum absolute atomic E-state index is 0.278. The Balaban J connectivity index is 2.79. The van der Waals surface area contributed by atoms with Gasteiger partial charge in [0.1, 0.15) is 5.92 Å².